The molecule has 2 heterocycles. The van der Waals surface area contributed by atoms with Gasteiger partial charge < -0.3 is 18.9 Å². The van der Waals surface area contributed by atoms with Crippen molar-refractivity contribution >= 4 is 29.4 Å². The molecule has 154 valence electrons. The van der Waals surface area contributed by atoms with Crippen LogP contribution in [0.25, 0.3) is 6.08 Å². The number of Topliss-reactive ketones (excluding diaryl/α,β-unsaturated/α-hetero) is 1. The van der Waals surface area contributed by atoms with Crippen molar-refractivity contribution in [2.45, 2.75) is 5.38 Å². The molecule has 2 aliphatic rings. The second-order valence-electron chi connectivity index (χ2n) is 6.90. The number of ether oxygens (including phenoxy) is 4. The number of carbonyl (C=O) groups excluding carboxylic acids is 2. The van der Waals surface area contributed by atoms with Crippen molar-refractivity contribution < 1.29 is 28.5 Å². The van der Waals surface area contributed by atoms with E-state index in [4.69, 9.17) is 30.5 Å². The maximum atomic E-state index is 12.7. The van der Waals surface area contributed by atoms with E-state index in [1.807, 2.05) is 6.07 Å². The number of allylic oxidation sites excluding steroid dienone is 1. The molecule has 0 saturated carbocycles. The predicted molar refractivity (Wildman–Crippen MR) is 113 cm³/mol. The van der Waals surface area contributed by atoms with E-state index < -0.39 is 11.3 Å². The van der Waals surface area contributed by atoms with E-state index in [0.29, 0.717) is 28.4 Å². The zero-order valence-electron chi connectivity index (χ0n) is 16.0. The first-order valence-corrected chi connectivity index (χ1v) is 9.91. The monoisotopic (exact) mass is 434 g/mol. The first kappa shape index (κ1) is 19.2. The molecular formula is C24H15ClO6. The molecule has 31 heavy (non-hydrogen) atoms. The Kier molecular flexibility index (Phi) is 4.84. The van der Waals surface area contributed by atoms with Crippen LogP contribution in [0.3, 0.4) is 0 Å². The third-order valence-corrected chi connectivity index (χ3v) is 5.28. The number of fused-ring (bicyclic) bond motifs is 2. The van der Waals surface area contributed by atoms with E-state index in [9.17, 15) is 9.59 Å². The third-order valence-electron chi connectivity index (χ3n) is 4.85. The number of alkyl halides is 1. The summed E-state index contributed by atoms with van der Waals surface area (Å²) in [6.45, 7) is 0.172. The highest BCUT2D eigenvalue weighted by Crippen LogP contribution is 2.37. The molecule has 6 nitrogen and oxygen atoms in total. The molecule has 7 heteroatoms. The van der Waals surface area contributed by atoms with Gasteiger partial charge in [0.1, 0.15) is 11.5 Å². The van der Waals surface area contributed by atoms with E-state index in [-0.39, 0.29) is 24.1 Å². The quantitative estimate of drug-likeness (QED) is 0.251. The summed E-state index contributed by atoms with van der Waals surface area (Å²) in [5, 5.41) is -0.946. The zero-order chi connectivity index (χ0) is 21.4. The van der Waals surface area contributed by atoms with Crippen LogP contribution >= 0.6 is 11.6 Å². The summed E-state index contributed by atoms with van der Waals surface area (Å²) in [6, 6.07) is 18.9. The maximum Gasteiger partial charge on any atom is 0.334 e. The molecular weight excluding hydrogens is 420 g/mol. The Hall–Kier alpha value is -3.77. The minimum absolute atomic E-state index is 0.164. The number of hydrogen-bond donors (Lipinski definition) is 0. The standard InChI is InChI=1S/C24H15ClO6/c25-22(15-4-2-1-3-5-15)24(27)30-16-7-8-17-19(12-16)31-21(23(17)26)11-14-6-9-18-20(10-14)29-13-28-18/h1-12,22H,13H2/b21-11-. The molecule has 0 N–H and O–H groups in total. The number of ketones is 1. The summed E-state index contributed by atoms with van der Waals surface area (Å²) in [6.07, 6.45) is 1.63. The maximum absolute atomic E-state index is 12.7. The number of halogens is 1. The lowest BCUT2D eigenvalue weighted by Gasteiger charge is -2.10. The van der Waals surface area contributed by atoms with Gasteiger partial charge in [0.2, 0.25) is 12.6 Å². The van der Waals surface area contributed by atoms with Gasteiger partial charge in [-0.15, -0.1) is 11.6 Å². The van der Waals surface area contributed by atoms with Crippen molar-refractivity contribution in [1.82, 2.24) is 0 Å². The van der Waals surface area contributed by atoms with Crippen LogP contribution in [0.2, 0.25) is 0 Å². The fourth-order valence-corrected chi connectivity index (χ4v) is 3.50. The first-order valence-electron chi connectivity index (χ1n) is 9.47. The summed E-state index contributed by atoms with van der Waals surface area (Å²) in [5.41, 5.74) is 1.76. The molecule has 5 rings (SSSR count). The Morgan fingerprint density at radius 1 is 0.968 bits per heavy atom. The highest BCUT2D eigenvalue weighted by molar-refractivity contribution is 6.30. The molecule has 0 aromatic heterocycles. The van der Waals surface area contributed by atoms with Gasteiger partial charge in [-0.1, -0.05) is 36.4 Å². The van der Waals surface area contributed by atoms with Crippen molar-refractivity contribution in [3.8, 4) is 23.0 Å². The van der Waals surface area contributed by atoms with Gasteiger partial charge in [-0.2, -0.15) is 0 Å². The van der Waals surface area contributed by atoms with Crippen LogP contribution in [-0.4, -0.2) is 18.5 Å². The lowest BCUT2D eigenvalue weighted by molar-refractivity contribution is -0.134. The van der Waals surface area contributed by atoms with Crippen LogP contribution in [0, 0.1) is 0 Å². The average molecular weight is 435 g/mol. The van der Waals surface area contributed by atoms with E-state index in [1.165, 1.54) is 12.1 Å². The molecule has 0 saturated heterocycles. The smallest absolute Gasteiger partial charge is 0.334 e. The molecule has 0 amide bonds. The minimum atomic E-state index is -0.946. The fourth-order valence-electron chi connectivity index (χ4n) is 3.31. The second kappa shape index (κ2) is 7.81. The molecule has 2 aliphatic heterocycles. The fraction of sp³-hybridized carbons (Fsp3) is 0.0833. The van der Waals surface area contributed by atoms with Crippen molar-refractivity contribution in [1.29, 1.82) is 0 Å². The molecule has 0 spiro atoms. The SMILES string of the molecule is O=C1/C(=C/c2ccc3c(c2)OCO3)Oc2cc(OC(=O)C(Cl)c3ccccc3)ccc21. The highest BCUT2D eigenvalue weighted by atomic mass is 35.5. The van der Waals surface area contributed by atoms with Crippen LogP contribution in [0.5, 0.6) is 23.0 Å². The topological polar surface area (TPSA) is 71.1 Å². The normalized spacial score (nSPS) is 16.0. The lowest BCUT2D eigenvalue weighted by atomic mass is 10.1. The van der Waals surface area contributed by atoms with Gasteiger partial charge in [-0.05, 0) is 41.5 Å². The number of rotatable bonds is 4. The van der Waals surface area contributed by atoms with E-state index in [1.54, 1.807) is 54.6 Å². The van der Waals surface area contributed by atoms with Gasteiger partial charge in [-0.3, -0.25) is 4.79 Å². The molecule has 3 aromatic carbocycles. The van der Waals surface area contributed by atoms with Crippen LogP contribution in [0.4, 0.5) is 0 Å². The molecule has 0 radical (unpaired) electrons. The van der Waals surface area contributed by atoms with Crippen molar-refractivity contribution in [3.63, 3.8) is 0 Å². The summed E-state index contributed by atoms with van der Waals surface area (Å²) < 4.78 is 21.8. The molecule has 0 bridgehead atoms. The van der Waals surface area contributed by atoms with Gasteiger partial charge in [0.05, 0.1) is 5.56 Å². The number of benzene rings is 3. The summed E-state index contributed by atoms with van der Waals surface area (Å²) in [5.74, 6) is 1.11. The van der Waals surface area contributed by atoms with Gasteiger partial charge >= 0.3 is 5.97 Å². The van der Waals surface area contributed by atoms with E-state index in [2.05, 4.69) is 0 Å². The minimum Gasteiger partial charge on any atom is -0.454 e. The van der Waals surface area contributed by atoms with Crippen LogP contribution in [0.1, 0.15) is 26.9 Å². The van der Waals surface area contributed by atoms with Gasteiger partial charge in [0, 0.05) is 6.07 Å². The van der Waals surface area contributed by atoms with Crippen LogP contribution in [0.15, 0.2) is 72.5 Å². The molecule has 3 aromatic rings. The Morgan fingerprint density at radius 3 is 2.61 bits per heavy atom. The third kappa shape index (κ3) is 3.73. The molecule has 1 unspecified atom stereocenters. The Labute approximate surface area is 182 Å². The largest absolute Gasteiger partial charge is 0.454 e. The highest BCUT2D eigenvalue weighted by Gasteiger charge is 2.29. The zero-order valence-corrected chi connectivity index (χ0v) is 16.8. The summed E-state index contributed by atoms with van der Waals surface area (Å²) in [4.78, 5) is 25.1. The van der Waals surface area contributed by atoms with Crippen LogP contribution < -0.4 is 18.9 Å². The van der Waals surface area contributed by atoms with Gasteiger partial charge in [0.25, 0.3) is 0 Å². The number of esters is 1. The van der Waals surface area contributed by atoms with Crippen molar-refractivity contribution in [2.24, 2.45) is 0 Å². The van der Waals surface area contributed by atoms with Crippen molar-refractivity contribution in [2.75, 3.05) is 6.79 Å². The Bertz CT molecular complexity index is 1220. The molecule has 1 atom stereocenters. The van der Waals surface area contributed by atoms with Gasteiger partial charge in [-0.25, -0.2) is 4.79 Å². The van der Waals surface area contributed by atoms with Crippen molar-refractivity contribution in [3.05, 3.63) is 89.2 Å². The average Bonchev–Trinajstić information content (AvgIpc) is 3.38. The summed E-state index contributed by atoms with van der Waals surface area (Å²) in [7, 11) is 0. The van der Waals surface area contributed by atoms with Crippen LogP contribution in [-0.2, 0) is 4.79 Å². The van der Waals surface area contributed by atoms with E-state index >= 15 is 0 Å². The Balaban J connectivity index is 1.34. The number of hydrogen-bond acceptors (Lipinski definition) is 6. The first-order chi connectivity index (χ1) is 15.1. The molecule has 0 fully saturated rings. The predicted octanol–water partition coefficient (Wildman–Crippen LogP) is 4.92. The molecule has 0 aliphatic carbocycles. The Morgan fingerprint density at radius 2 is 1.77 bits per heavy atom. The second-order valence-corrected chi connectivity index (χ2v) is 7.34. The number of carbonyl (C=O) groups is 2. The van der Waals surface area contributed by atoms with E-state index in [0.717, 1.165) is 5.56 Å². The summed E-state index contributed by atoms with van der Waals surface area (Å²) >= 11 is 6.21. The lowest BCUT2D eigenvalue weighted by Crippen LogP contribution is -2.14. The van der Waals surface area contributed by atoms with Gasteiger partial charge in [0.15, 0.2) is 22.6 Å².